The summed E-state index contributed by atoms with van der Waals surface area (Å²) in [4.78, 5) is 0. The van der Waals surface area contributed by atoms with Gasteiger partial charge in [0.1, 0.15) is 5.82 Å². The molecule has 0 saturated carbocycles. The Morgan fingerprint density at radius 2 is 1.54 bits per heavy atom. The van der Waals surface area contributed by atoms with Gasteiger partial charge in [-0.3, -0.25) is 4.68 Å². The lowest BCUT2D eigenvalue weighted by Gasteiger charge is -2.09. The number of benzene rings is 3. The standard InChI is InChI=1S/C27H23FN6S/c28-24-14-8-7-11-21(24)18-33-16-15-25(31-33)30-27(35)29-17-22-19-34(23-12-5-2-6-13-23)32-26(22)20-9-3-1-4-10-20/h1-16,19H,17-18H2,(H2,29,30,31,35). The minimum absolute atomic E-state index is 0.250. The maximum Gasteiger partial charge on any atom is 0.172 e. The van der Waals surface area contributed by atoms with Crippen LogP contribution in [0.25, 0.3) is 16.9 Å². The molecule has 0 spiro atoms. The zero-order valence-corrected chi connectivity index (χ0v) is 19.6. The van der Waals surface area contributed by atoms with Crippen LogP contribution in [0.4, 0.5) is 10.2 Å². The summed E-state index contributed by atoms with van der Waals surface area (Å²) in [5, 5.41) is 16.1. The van der Waals surface area contributed by atoms with Gasteiger partial charge in [-0.25, -0.2) is 9.07 Å². The van der Waals surface area contributed by atoms with Gasteiger partial charge in [0.05, 0.1) is 17.9 Å². The molecule has 0 unspecified atom stereocenters. The Morgan fingerprint density at radius 1 is 0.829 bits per heavy atom. The van der Waals surface area contributed by atoms with Gasteiger partial charge in [0.15, 0.2) is 10.9 Å². The van der Waals surface area contributed by atoms with Crippen LogP contribution in [0.2, 0.25) is 0 Å². The molecule has 0 aliphatic heterocycles. The zero-order chi connectivity index (χ0) is 24.0. The molecule has 5 aromatic rings. The number of rotatable bonds is 7. The van der Waals surface area contributed by atoms with Crippen molar-refractivity contribution in [1.82, 2.24) is 24.9 Å². The quantitative estimate of drug-likeness (QED) is 0.304. The first kappa shape index (κ1) is 22.5. The third-order valence-electron chi connectivity index (χ3n) is 5.47. The van der Waals surface area contributed by atoms with Gasteiger partial charge in [-0.1, -0.05) is 66.7 Å². The summed E-state index contributed by atoms with van der Waals surface area (Å²) in [6, 6.07) is 28.5. The highest BCUT2D eigenvalue weighted by molar-refractivity contribution is 7.80. The van der Waals surface area contributed by atoms with Crippen LogP contribution in [0.5, 0.6) is 0 Å². The van der Waals surface area contributed by atoms with E-state index in [1.807, 2.05) is 77.6 Å². The molecule has 35 heavy (non-hydrogen) atoms. The van der Waals surface area contributed by atoms with E-state index in [-0.39, 0.29) is 5.82 Å². The predicted molar refractivity (Wildman–Crippen MR) is 140 cm³/mol. The van der Waals surface area contributed by atoms with E-state index in [0.717, 1.165) is 22.5 Å². The largest absolute Gasteiger partial charge is 0.358 e. The molecule has 0 atom stereocenters. The van der Waals surface area contributed by atoms with Gasteiger partial charge >= 0.3 is 0 Å². The second-order valence-corrected chi connectivity index (χ2v) is 8.35. The molecule has 8 heteroatoms. The number of halogens is 1. The third kappa shape index (κ3) is 5.44. The lowest BCUT2D eigenvalue weighted by Crippen LogP contribution is -2.28. The highest BCUT2D eigenvalue weighted by atomic mass is 32.1. The van der Waals surface area contributed by atoms with Crippen molar-refractivity contribution in [1.29, 1.82) is 0 Å². The number of nitrogens with one attached hydrogen (secondary N) is 2. The maximum atomic E-state index is 13.9. The molecule has 0 amide bonds. The molecule has 0 aliphatic carbocycles. The molecular weight excluding hydrogens is 459 g/mol. The molecular formula is C27H23FN6S. The van der Waals surface area contributed by atoms with E-state index in [9.17, 15) is 4.39 Å². The molecule has 0 bridgehead atoms. The van der Waals surface area contributed by atoms with Gasteiger partial charge in [-0.05, 0) is 30.4 Å². The summed E-state index contributed by atoms with van der Waals surface area (Å²) in [6.07, 6.45) is 3.80. The van der Waals surface area contributed by atoms with Crippen molar-refractivity contribution in [2.24, 2.45) is 0 Å². The summed E-state index contributed by atoms with van der Waals surface area (Å²) in [7, 11) is 0. The van der Waals surface area contributed by atoms with Crippen molar-refractivity contribution >= 4 is 23.1 Å². The number of anilines is 1. The smallest absolute Gasteiger partial charge is 0.172 e. The molecule has 3 aromatic carbocycles. The van der Waals surface area contributed by atoms with Crippen LogP contribution in [0, 0.1) is 5.82 Å². The molecule has 2 aromatic heterocycles. The second kappa shape index (κ2) is 10.3. The Balaban J connectivity index is 1.27. The summed E-state index contributed by atoms with van der Waals surface area (Å²) in [6.45, 7) is 0.826. The maximum absolute atomic E-state index is 13.9. The van der Waals surface area contributed by atoms with Crippen molar-refractivity contribution in [3.63, 3.8) is 0 Å². The molecule has 2 N–H and O–H groups in total. The second-order valence-electron chi connectivity index (χ2n) is 7.95. The molecule has 2 heterocycles. The lowest BCUT2D eigenvalue weighted by molar-refractivity contribution is 0.586. The van der Waals surface area contributed by atoms with Gasteiger partial charge in [-0.2, -0.15) is 10.2 Å². The van der Waals surface area contributed by atoms with Crippen molar-refractivity contribution in [3.05, 3.63) is 120 Å². The normalized spacial score (nSPS) is 10.8. The molecule has 5 rings (SSSR count). The van der Waals surface area contributed by atoms with E-state index >= 15 is 0 Å². The Kier molecular flexibility index (Phi) is 6.63. The van der Waals surface area contributed by atoms with Gasteiger partial charge < -0.3 is 10.6 Å². The third-order valence-corrected chi connectivity index (χ3v) is 5.72. The Hall–Kier alpha value is -4.30. The Morgan fingerprint density at radius 3 is 2.31 bits per heavy atom. The summed E-state index contributed by atoms with van der Waals surface area (Å²) < 4.78 is 17.5. The predicted octanol–water partition coefficient (Wildman–Crippen LogP) is 5.41. The fourth-order valence-corrected chi connectivity index (χ4v) is 3.92. The monoisotopic (exact) mass is 482 g/mol. The number of para-hydroxylation sites is 1. The highest BCUT2D eigenvalue weighted by Gasteiger charge is 2.13. The fourth-order valence-electron chi connectivity index (χ4n) is 3.74. The SMILES string of the molecule is Fc1ccccc1Cn1ccc(NC(=S)NCc2cn(-c3ccccc3)nc2-c2ccccc2)n1. The van der Waals surface area contributed by atoms with E-state index in [0.29, 0.717) is 29.6 Å². The topological polar surface area (TPSA) is 59.7 Å². The highest BCUT2D eigenvalue weighted by Crippen LogP contribution is 2.23. The van der Waals surface area contributed by atoms with Gasteiger partial charge in [-0.15, -0.1) is 0 Å². The van der Waals surface area contributed by atoms with Crippen LogP contribution in [-0.4, -0.2) is 24.7 Å². The first-order chi connectivity index (χ1) is 17.2. The lowest BCUT2D eigenvalue weighted by atomic mass is 10.1. The molecule has 0 fully saturated rings. The van der Waals surface area contributed by atoms with Gasteiger partial charge in [0.25, 0.3) is 0 Å². The van der Waals surface area contributed by atoms with Gasteiger partial charge in [0.2, 0.25) is 0 Å². The minimum atomic E-state index is -0.250. The summed E-state index contributed by atoms with van der Waals surface area (Å²) >= 11 is 5.50. The Bertz CT molecular complexity index is 1430. The van der Waals surface area contributed by atoms with E-state index < -0.39 is 0 Å². The van der Waals surface area contributed by atoms with Crippen molar-refractivity contribution < 1.29 is 4.39 Å². The van der Waals surface area contributed by atoms with Crippen molar-refractivity contribution in [2.45, 2.75) is 13.1 Å². The van der Waals surface area contributed by atoms with E-state index in [2.05, 4.69) is 15.7 Å². The molecule has 0 radical (unpaired) electrons. The zero-order valence-electron chi connectivity index (χ0n) is 18.8. The van der Waals surface area contributed by atoms with Crippen LogP contribution in [-0.2, 0) is 13.1 Å². The Labute approximate surface area is 208 Å². The van der Waals surface area contributed by atoms with Crippen LogP contribution in [0.3, 0.4) is 0 Å². The van der Waals surface area contributed by atoms with E-state index in [1.54, 1.807) is 29.1 Å². The van der Waals surface area contributed by atoms with Crippen LogP contribution < -0.4 is 10.6 Å². The fraction of sp³-hybridized carbons (Fsp3) is 0.0741. The van der Waals surface area contributed by atoms with Crippen molar-refractivity contribution in [2.75, 3.05) is 5.32 Å². The number of hydrogen-bond donors (Lipinski definition) is 2. The average molecular weight is 483 g/mol. The van der Waals surface area contributed by atoms with E-state index in [4.69, 9.17) is 17.3 Å². The van der Waals surface area contributed by atoms with Crippen LogP contribution >= 0.6 is 12.2 Å². The first-order valence-corrected chi connectivity index (χ1v) is 11.6. The number of hydrogen-bond acceptors (Lipinski definition) is 3. The first-order valence-electron chi connectivity index (χ1n) is 11.2. The molecule has 0 saturated heterocycles. The number of aromatic nitrogens is 4. The number of nitrogens with zero attached hydrogens (tertiary/aromatic N) is 4. The molecule has 6 nitrogen and oxygen atoms in total. The van der Waals surface area contributed by atoms with E-state index in [1.165, 1.54) is 6.07 Å². The summed E-state index contributed by atoms with van der Waals surface area (Å²) in [5.74, 6) is 0.335. The molecule has 174 valence electrons. The van der Waals surface area contributed by atoms with Crippen molar-refractivity contribution in [3.8, 4) is 16.9 Å². The molecule has 0 aliphatic rings. The average Bonchev–Trinajstić information content (AvgIpc) is 3.52. The minimum Gasteiger partial charge on any atom is -0.358 e. The number of thiocarbonyl (C=S) groups is 1. The van der Waals surface area contributed by atoms with Gasteiger partial charge in [0, 0.05) is 41.7 Å². The summed E-state index contributed by atoms with van der Waals surface area (Å²) in [5.41, 5.74) is 4.49. The van der Waals surface area contributed by atoms with Crippen LogP contribution in [0.15, 0.2) is 103 Å². The van der Waals surface area contributed by atoms with Crippen LogP contribution in [0.1, 0.15) is 11.1 Å².